The maximum absolute atomic E-state index is 13.0. The summed E-state index contributed by atoms with van der Waals surface area (Å²) in [7, 11) is -3.68. The van der Waals surface area contributed by atoms with Gasteiger partial charge in [0.15, 0.2) is 9.84 Å². The smallest absolute Gasteiger partial charge is 0.244 e. The van der Waals surface area contributed by atoms with Gasteiger partial charge in [0, 0.05) is 25.0 Å². The van der Waals surface area contributed by atoms with E-state index in [0.717, 1.165) is 11.3 Å². The highest BCUT2D eigenvalue weighted by Crippen LogP contribution is 2.30. The number of nitrogens with one attached hydrogen (secondary N) is 1. The Hall–Kier alpha value is -2.19. The van der Waals surface area contributed by atoms with E-state index in [9.17, 15) is 13.2 Å². The van der Waals surface area contributed by atoms with E-state index in [-0.39, 0.29) is 10.8 Å². The lowest BCUT2D eigenvalue weighted by molar-refractivity contribution is -0.116. The van der Waals surface area contributed by atoms with Crippen molar-refractivity contribution in [3.8, 4) is 0 Å². The molecule has 2 heterocycles. The highest BCUT2D eigenvalue weighted by atomic mass is 35.5. The molecule has 0 fully saturated rings. The number of carbonyl (C=O) groups is 1. The first kappa shape index (κ1) is 21.5. The summed E-state index contributed by atoms with van der Waals surface area (Å²) < 4.78 is 26.3. The topological polar surface area (TPSA) is 76.1 Å². The van der Waals surface area contributed by atoms with Crippen LogP contribution < -0.4 is 5.32 Å². The van der Waals surface area contributed by atoms with Gasteiger partial charge in [-0.25, -0.2) is 8.42 Å². The summed E-state index contributed by atoms with van der Waals surface area (Å²) >= 11 is 13.0. The quantitative estimate of drug-likeness (QED) is 0.507. The number of halogens is 2. The van der Waals surface area contributed by atoms with Gasteiger partial charge in [-0.05, 0) is 46.8 Å². The molecule has 3 rings (SSSR count). The zero-order valence-electron chi connectivity index (χ0n) is 15.0. The van der Waals surface area contributed by atoms with Crippen molar-refractivity contribution in [2.24, 2.45) is 0 Å². The molecule has 150 valence electrons. The number of rotatable bonds is 7. The molecule has 1 unspecified atom stereocenters. The summed E-state index contributed by atoms with van der Waals surface area (Å²) in [5.74, 6) is -0.425. The van der Waals surface area contributed by atoms with E-state index in [4.69, 9.17) is 23.2 Å². The Morgan fingerprint density at radius 1 is 1.17 bits per heavy atom. The van der Waals surface area contributed by atoms with Crippen LogP contribution in [0, 0.1) is 0 Å². The van der Waals surface area contributed by atoms with Crippen molar-refractivity contribution in [1.29, 1.82) is 0 Å². The fourth-order valence-corrected chi connectivity index (χ4v) is 5.73. The first-order chi connectivity index (χ1) is 13.9. The standard InChI is InChI=1S/C20H16Cl2N2O3S2/c21-16-7-5-14(11-17(16)22)6-8-19(25)24-13-18(15-3-1-9-23-12-15)29(26,27)20-4-2-10-28-20/h1-12,18H,13H2,(H,24,25)/b8-6+. The van der Waals surface area contributed by atoms with Gasteiger partial charge < -0.3 is 5.32 Å². The van der Waals surface area contributed by atoms with Crippen molar-refractivity contribution < 1.29 is 13.2 Å². The molecule has 0 bridgehead atoms. The Kier molecular flexibility index (Phi) is 7.08. The third-order valence-electron chi connectivity index (χ3n) is 4.04. The summed E-state index contributed by atoms with van der Waals surface area (Å²) in [6, 6.07) is 11.6. The summed E-state index contributed by atoms with van der Waals surface area (Å²) in [5, 5.41) is 4.22. The van der Waals surface area contributed by atoms with Crippen LogP contribution in [0.15, 0.2) is 70.5 Å². The van der Waals surface area contributed by atoms with Gasteiger partial charge >= 0.3 is 0 Å². The number of nitrogens with zero attached hydrogens (tertiary/aromatic N) is 1. The molecule has 1 atom stereocenters. The molecule has 1 aromatic carbocycles. The van der Waals surface area contributed by atoms with Crippen LogP contribution in [-0.4, -0.2) is 25.9 Å². The van der Waals surface area contributed by atoms with E-state index in [2.05, 4.69) is 10.3 Å². The van der Waals surface area contributed by atoms with Crippen molar-refractivity contribution in [2.45, 2.75) is 9.46 Å². The van der Waals surface area contributed by atoms with E-state index in [1.807, 2.05) is 0 Å². The van der Waals surface area contributed by atoms with Crippen LogP contribution >= 0.6 is 34.5 Å². The largest absolute Gasteiger partial charge is 0.351 e. The number of pyridine rings is 1. The summed E-state index contributed by atoms with van der Waals surface area (Å²) in [6.07, 6.45) is 5.95. The summed E-state index contributed by atoms with van der Waals surface area (Å²) in [5.41, 5.74) is 1.21. The first-order valence-electron chi connectivity index (χ1n) is 8.46. The number of amides is 1. The number of thiophene rings is 1. The summed E-state index contributed by atoms with van der Waals surface area (Å²) in [6.45, 7) is -0.0868. The maximum atomic E-state index is 13.0. The van der Waals surface area contributed by atoms with Crippen molar-refractivity contribution in [3.05, 3.63) is 87.5 Å². The monoisotopic (exact) mass is 466 g/mol. The minimum Gasteiger partial charge on any atom is -0.351 e. The van der Waals surface area contributed by atoms with Crippen LogP contribution in [0.1, 0.15) is 16.4 Å². The molecule has 0 aliphatic heterocycles. The lowest BCUT2D eigenvalue weighted by Crippen LogP contribution is -2.30. The average Bonchev–Trinajstić information content (AvgIpc) is 3.25. The molecule has 0 spiro atoms. The fourth-order valence-electron chi connectivity index (χ4n) is 2.58. The minimum absolute atomic E-state index is 0.0868. The van der Waals surface area contributed by atoms with Crippen LogP contribution in [0.2, 0.25) is 10.0 Å². The summed E-state index contributed by atoms with van der Waals surface area (Å²) in [4.78, 5) is 16.3. The van der Waals surface area contributed by atoms with Gasteiger partial charge in [0.25, 0.3) is 0 Å². The molecule has 3 aromatic rings. The van der Waals surface area contributed by atoms with Crippen molar-refractivity contribution in [3.63, 3.8) is 0 Å². The van der Waals surface area contributed by atoms with Crippen LogP contribution in [0.3, 0.4) is 0 Å². The zero-order valence-corrected chi connectivity index (χ0v) is 18.1. The van der Waals surface area contributed by atoms with Gasteiger partial charge in [0.05, 0.1) is 10.0 Å². The molecule has 29 heavy (non-hydrogen) atoms. The predicted molar refractivity (Wildman–Crippen MR) is 117 cm³/mol. The van der Waals surface area contributed by atoms with Gasteiger partial charge in [-0.1, -0.05) is 41.4 Å². The van der Waals surface area contributed by atoms with E-state index in [0.29, 0.717) is 21.2 Å². The normalized spacial score (nSPS) is 12.8. The number of hydrogen-bond donors (Lipinski definition) is 1. The van der Waals surface area contributed by atoms with Gasteiger partial charge in [-0.15, -0.1) is 11.3 Å². The Bertz CT molecular complexity index is 1120. The number of benzene rings is 1. The lowest BCUT2D eigenvalue weighted by atomic mass is 10.2. The Morgan fingerprint density at radius 3 is 2.66 bits per heavy atom. The van der Waals surface area contributed by atoms with Gasteiger partial charge in [0.2, 0.25) is 5.91 Å². The molecule has 5 nitrogen and oxygen atoms in total. The number of carbonyl (C=O) groups excluding carboxylic acids is 1. The molecule has 0 aliphatic carbocycles. The average molecular weight is 467 g/mol. The molecule has 0 aliphatic rings. The molecular formula is C20H16Cl2N2O3S2. The van der Waals surface area contributed by atoms with Crippen LogP contribution in [0.4, 0.5) is 0 Å². The van der Waals surface area contributed by atoms with E-state index in [1.54, 1.807) is 60.1 Å². The molecule has 0 saturated heterocycles. The third kappa shape index (κ3) is 5.45. The predicted octanol–water partition coefficient (Wildman–Crippen LogP) is 4.79. The highest BCUT2D eigenvalue weighted by Gasteiger charge is 2.30. The van der Waals surface area contributed by atoms with Crippen LogP contribution in [0.25, 0.3) is 6.08 Å². The molecule has 9 heteroatoms. The maximum Gasteiger partial charge on any atom is 0.244 e. The molecular weight excluding hydrogens is 451 g/mol. The lowest BCUT2D eigenvalue weighted by Gasteiger charge is -2.17. The fraction of sp³-hybridized carbons (Fsp3) is 0.100. The second-order valence-corrected chi connectivity index (χ2v) is 10.1. The van der Waals surface area contributed by atoms with Crippen molar-refractivity contribution in [2.75, 3.05) is 6.54 Å². The molecule has 2 aromatic heterocycles. The molecule has 1 amide bonds. The zero-order chi connectivity index (χ0) is 20.9. The molecule has 0 saturated carbocycles. The Morgan fingerprint density at radius 2 is 2.00 bits per heavy atom. The number of hydrogen-bond acceptors (Lipinski definition) is 5. The van der Waals surface area contributed by atoms with E-state index in [1.165, 1.54) is 12.3 Å². The number of aromatic nitrogens is 1. The first-order valence-corrected chi connectivity index (χ1v) is 11.6. The van der Waals surface area contributed by atoms with Gasteiger partial charge in [0.1, 0.15) is 9.46 Å². The molecule has 0 radical (unpaired) electrons. The Labute approximate surface area is 182 Å². The van der Waals surface area contributed by atoms with E-state index < -0.39 is 21.0 Å². The number of sulfone groups is 1. The molecule has 1 N–H and O–H groups in total. The SMILES string of the molecule is O=C(/C=C/c1ccc(Cl)c(Cl)c1)NCC(c1cccnc1)S(=O)(=O)c1cccs1. The van der Waals surface area contributed by atoms with Crippen LogP contribution in [0.5, 0.6) is 0 Å². The van der Waals surface area contributed by atoms with E-state index >= 15 is 0 Å². The van der Waals surface area contributed by atoms with Gasteiger partial charge in [-0.2, -0.15) is 0 Å². The third-order valence-corrected chi connectivity index (χ3v) is 8.31. The van der Waals surface area contributed by atoms with Crippen molar-refractivity contribution >= 4 is 56.4 Å². The second kappa shape index (κ2) is 9.54. The van der Waals surface area contributed by atoms with Gasteiger partial charge in [-0.3, -0.25) is 9.78 Å². The van der Waals surface area contributed by atoms with Crippen LogP contribution in [-0.2, 0) is 14.6 Å². The van der Waals surface area contributed by atoms with Crippen molar-refractivity contribution in [1.82, 2.24) is 10.3 Å². The minimum atomic E-state index is -3.68. The second-order valence-electron chi connectivity index (χ2n) is 6.00. The highest BCUT2D eigenvalue weighted by molar-refractivity contribution is 7.93. The Balaban J connectivity index is 1.76.